The molecule has 0 N–H and O–H groups in total. The molecule has 0 saturated carbocycles. The summed E-state index contributed by atoms with van der Waals surface area (Å²) in [6.07, 6.45) is 14.8. The maximum Gasteiger partial charge on any atom is -0.0274 e. The Bertz CT molecular complexity index is 351. The van der Waals surface area contributed by atoms with E-state index >= 15 is 0 Å². The molecule has 0 bridgehead atoms. The van der Waals surface area contributed by atoms with Crippen molar-refractivity contribution >= 4 is 0 Å². The first kappa shape index (κ1) is 17.3. The summed E-state index contributed by atoms with van der Waals surface area (Å²) in [7, 11) is 0. The molecule has 0 heteroatoms. The van der Waals surface area contributed by atoms with Crippen molar-refractivity contribution in [3.63, 3.8) is 0 Å². The average molecular weight is 274 g/mol. The molecule has 114 valence electrons. The van der Waals surface area contributed by atoms with Crippen molar-refractivity contribution in [2.45, 2.75) is 91.4 Å². The second kappa shape index (κ2) is 10.9. The zero-order valence-corrected chi connectivity index (χ0v) is 14.0. The lowest BCUT2D eigenvalue weighted by atomic mass is 9.92. The third kappa shape index (κ3) is 6.11. The number of unbranched alkanes of at least 4 members (excludes halogenated alkanes) is 6. The van der Waals surface area contributed by atoms with Gasteiger partial charge in [0.25, 0.3) is 0 Å². The van der Waals surface area contributed by atoms with Gasteiger partial charge >= 0.3 is 0 Å². The van der Waals surface area contributed by atoms with Crippen molar-refractivity contribution in [3.05, 3.63) is 34.9 Å². The second-order valence-corrected chi connectivity index (χ2v) is 6.03. The molecular weight excluding hydrogens is 240 g/mol. The van der Waals surface area contributed by atoms with Gasteiger partial charge in [-0.05, 0) is 48.8 Å². The van der Waals surface area contributed by atoms with E-state index in [-0.39, 0.29) is 0 Å². The molecule has 0 aliphatic carbocycles. The number of hydrogen-bond donors (Lipinski definition) is 0. The summed E-state index contributed by atoms with van der Waals surface area (Å²) in [5.41, 5.74) is 4.89. The van der Waals surface area contributed by atoms with E-state index in [1.54, 1.807) is 16.7 Å². The van der Waals surface area contributed by atoms with Gasteiger partial charge in [-0.1, -0.05) is 77.5 Å². The van der Waals surface area contributed by atoms with E-state index in [2.05, 4.69) is 39.0 Å². The maximum atomic E-state index is 2.37. The number of aryl methyl sites for hydroxylation is 2. The predicted molar refractivity (Wildman–Crippen MR) is 91.5 cm³/mol. The van der Waals surface area contributed by atoms with E-state index in [0.717, 1.165) is 0 Å². The monoisotopic (exact) mass is 274 g/mol. The molecule has 0 nitrogen and oxygen atoms in total. The first-order chi connectivity index (χ1) is 9.83. The van der Waals surface area contributed by atoms with Crippen LogP contribution in [0.4, 0.5) is 0 Å². The Balaban J connectivity index is 2.50. The summed E-state index contributed by atoms with van der Waals surface area (Å²) < 4.78 is 0. The lowest BCUT2D eigenvalue weighted by Gasteiger charge is -2.14. The Kier molecular flexibility index (Phi) is 9.45. The fraction of sp³-hybridized carbons (Fsp3) is 0.700. The molecule has 0 aliphatic rings. The third-order valence-corrected chi connectivity index (χ3v) is 4.33. The maximum absolute atomic E-state index is 2.37. The molecule has 0 aromatic heterocycles. The van der Waals surface area contributed by atoms with Gasteiger partial charge in [-0.15, -0.1) is 0 Å². The molecule has 1 rings (SSSR count). The van der Waals surface area contributed by atoms with Crippen LogP contribution in [0.15, 0.2) is 18.2 Å². The number of hydrogen-bond acceptors (Lipinski definition) is 0. The van der Waals surface area contributed by atoms with E-state index in [4.69, 9.17) is 0 Å². The van der Waals surface area contributed by atoms with Crippen LogP contribution < -0.4 is 0 Å². The van der Waals surface area contributed by atoms with Crippen LogP contribution >= 0.6 is 0 Å². The van der Waals surface area contributed by atoms with Crippen molar-refractivity contribution in [1.29, 1.82) is 0 Å². The average Bonchev–Trinajstić information content (AvgIpc) is 2.49. The quantitative estimate of drug-likeness (QED) is 0.404. The Morgan fingerprint density at radius 2 is 1.30 bits per heavy atom. The smallest absolute Gasteiger partial charge is 0.0274 e. The van der Waals surface area contributed by atoms with Gasteiger partial charge in [-0.2, -0.15) is 0 Å². The summed E-state index contributed by atoms with van der Waals surface area (Å²) in [5, 5.41) is 0. The minimum atomic E-state index is 1.18. The van der Waals surface area contributed by atoms with Crippen molar-refractivity contribution in [2.24, 2.45) is 0 Å². The van der Waals surface area contributed by atoms with Crippen molar-refractivity contribution in [3.8, 4) is 0 Å². The largest absolute Gasteiger partial charge is 0.0654 e. The number of rotatable bonds is 11. The highest BCUT2D eigenvalue weighted by atomic mass is 14.1. The Morgan fingerprint density at radius 3 is 2.00 bits per heavy atom. The molecule has 0 amide bonds. The molecule has 20 heavy (non-hydrogen) atoms. The first-order valence-corrected chi connectivity index (χ1v) is 8.93. The van der Waals surface area contributed by atoms with Crippen LogP contribution in [0, 0.1) is 0 Å². The van der Waals surface area contributed by atoms with Gasteiger partial charge in [0.1, 0.15) is 0 Å². The molecule has 1 aromatic carbocycles. The highest BCUT2D eigenvalue weighted by Gasteiger charge is 2.06. The molecule has 0 aliphatic heterocycles. The molecule has 0 atom stereocenters. The van der Waals surface area contributed by atoms with Crippen LogP contribution in [0.5, 0.6) is 0 Å². The van der Waals surface area contributed by atoms with Gasteiger partial charge in [0, 0.05) is 0 Å². The molecule has 0 spiro atoms. The van der Waals surface area contributed by atoms with Gasteiger partial charge in [-0.3, -0.25) is 0 Å². The molecule has 0 heterocycles. The molecular formula is C20H34. The van der Waals surface area contributed by atoms with Crippen LogP contribution in [0.25, 0.3) is 0 Å². The lowest BCUT2D eigenvalue weighted by Crippen LogP contribution is -2.00. The summed E-state index contributed by atoms with van der Waals surface area (Å²) in [6.45, 7) is 6.87. The van der Waals surface area contributed by atoms with E-state index < -0.39 is 0 Å². The summed E-state index contributed by atoms with van der Waals surface area (Å²) >= 11 is 0. The van der Waals surface area contributed by atoms with Crippen LogP contribution in [0.2, 0.25) is 0 Å². The Hall–Kier alpha value is -0.780. The van der Waals surface area contributed by atoms with Gasteiger partial charge in [0.15, 0.2) is 0 Å². The fourth-order valence-electron chi connectivity index (χ4n) is 3.02. The number of benzene rings is 1. The highest BCUT2D eigenvalue weighted by Crippen LogP contribution is 2.21. The Labute approximate surface area is 127 Å². The second-order valence-electron chi connectivity index (χ2n) is 6.03. The molecule has 1 aromatic rings. The normalized spacial score (nSPS) is 10.9. The van der Waals surface area contributed by atoms with Gasteiger partial charge in [0.2, 0.25) is 0 Å². The minimum Gasteiger partial charge on any atom is -0.0654 e. The van der Waals surface area contributed by atoms with Crippen LogP contribution in [-0.2, 0) is 19.3 Å². The van der Waals surface area contributed by atoms with E-state index in [1.807, 2.05) is 0 Å². The molecule has 0 radical (unpaired) electrons. The summed E-state index contributed by atoms with van der Waals surface area (Å²) in [5.74, 6) is 0. The summed E-state index contributed by atoms with van der Waals surface area (Å²) in [6, 6.07) is 6.96. The van der Waals surface area contributed by atoms with E-state index in [0.29, 0.717) is 0 Å². The van der Waals surface area contributed by atoms with Crippen molar-refractivity contribution in [1.82, 2.24) is 0 Å². The zero-order valence-electron chi connectivity index (χ0n) is 14.0. The highest BCUT2D eigenvalue weighted by molar-refractivity contribution is 5.35. The van der Waals surface area contributed by atoms with Crippen LogP contribution in [0.1, 0.15) is 88.8 Å². The first-order valence-electron chi connectivity index (χ1n) is 8.93. The minimum absolute atomic E-state index is 1.18. The summed E-state index contributed by atoms with van der Waals surface area (Å²) in [4.78, 5) is 0. The zero-order chi connectivity index (χ0) is 14.6. The van der Waals surface area contributed by atoms with E-state index in [9.17, 15) is 0 Å². The SMILES string of the molecule is CCCCCCCCc1cccc(CC)c1CCCC. The lowest BCUT2D eigenvalue weighted by molar-refractivity contribution is 0.606. The van der Waals surface area contributed by atoms with E-state index in [1.165, 1.54) is 70.6 Å². The van der Waals surface area contributed by atoms with Gasteiger partial charge in [0.05, 0.1) is 0 Å². The van der Waals surface area contributed by atoms with Crippen molar-refractivity contribution in [2.75, 3.05) is 0 Å². The third-order valence-electron chi connectivity index (χ3n) is 4.33. The topological polar surface area (TPSA) is 0 Å². The standard InChI is InChI=1S/C20H34/c1-4-7-9-10-11-12-14-19-16-13-15-18(6-3)20(19)17-8-5-2/h13,15-16H,4-12,14,17H2,1-3H3. The van der Waals surface area contributed by atoms with Gasteiger partial charge < -0.3 is 0 Å². The molecule has 0 fully saturated rings. The molecule has 0 unspecified atom stereocenters. The van der Waals surface area contributed by atoms with Gasteiger partial charge in [-0.25, -0.2) is 0 Å². The molecule has 0 saturated heterocycles. The fourth-order valence-corrected chi connectivity index (χ4v) is 3.02. The van der Waals surface area contributed by atoms with Crippen LogP contribution in [-0.4, -0.2) is 0 Å². The van der Waals surface area contributed by atoms with Crippen molar-refractivity contribution < 1.29 is 0 Å². The predicted octanol–water partition coefficient (Wildman–Crippen LogP) is 6.49. The van der Waals surface area contributed by atoms with Crippen LogP contribution in [0.3, 0.4) is 0 Å². The Morgan fingerprint density at radius 1 is 0.650 bits per heavy atom.